The van der Waals surface area contributed by atoms with Gasteiger partial charge in [0.2, 0.25) is 0 Å². The van der Waals surface area contributed by atoms with Crippen LogP contribution in [0.5, 0.6) is 0 Å². The second kappa shape index (κ2) is 15.8. The number of unbranched alkanes of at least 4 members (excludes halogenated alkanes) is 4. The third-order valence-electron chi connectivity index (χ3n) is 2.98. The molecule has 0 rings (SSSR count). The van der Waals surface area contributed by atoms with Crippen LogP contribution < -0.4 is 0 Å². The molecule has 0 aromatic rings. The van der Waals surface area contributed by atoms with Crippen LogP contribution in [-0.2, 0) is 38.5 Å². The molecule has 0 aliphatic heterocycles. The van der Waals surface area contributed by atoms with Gasteiger partial charge in [-0.3, -0.25) is 9.59 Å². The average molecular weight is 408 g/mol. The Hall–Kier alpha value is -0.437. The van der Waals surface area contributed by atoms with Crippen LogP contribution in [0.15, 0.2) is 0 Å². The number of hydrogen-bond acceptors (Lipinski definition) is 4. The number of esters is 2. The summed E-state index contributed by atoms with van der Waals surface area (Å²) in [4.78, 5) is 22.4. The molecule has 0 bridgehead atoms. The van der Waals surface area contributed by atoms with Crippen molar-refractivity contribution in [3.05, 3.63) is 13.8 Å². The van der Waals surface area contributed by atoms with E-state index in [0.29, 0.717) is 13.2 Å². The zero-order valence-electron chi connectivity index (χ0n) is 17.4. The predicted octanol–water partition coefficient (Wildman–Crippen LogP) is 5.16. The first kappa shape index (κ1) is 29.3. The SMILES string of the molecule is [CH2-]CCCCOC(=O)C(C)(C)C.[CH2-]CCCCOC(=O)C(C)(C)C.[Zn+2]. The van der Waals surface area contributed by atoms with E-state index < -0.39 is 0 Å². The Morgan fingerprint density at radius 1 is 0.680 bits per heavy atom. The van der Waals surface area contributed by atoms with E-state index in [-0.39, 0.29) is 42.2 Å². The van der Waals surface area contributed by atoms with Gasteiger partial charge in [-0.15, -0.1) is 0 Å². The van der Waals surface area contributed by atoms with Gasteiger partial charge in [-0.05, 0) is 54.4 Å². The van der Waals surface area contributed by atoms with Crippen molar-refractivity contribution in [1.82, 2.24) is 0 Å². The molecule has 0 amide bonds. The van der Waals surface area contributed by atoms with E-state index >= 15 is 0 Å². The van der Waals surface area contributed by atoms with Gasteiger partial charge in [0.1, 0.15) is 0 Å². The molecule has 0 saturated heterocycles. The summed E-state index contributed by atoms with van der Waals surface area (Å²) in [6.07, 6.45) is 5.71. The maximum atomic E-state index is 11.2. The third kappa shape index (κ3) is 19.7. The number of carbonyl (C=O) groups is 2. The molecule has 0 fully saturated rings. The van der Waals surface area contributed by atoms with Crippen molar-refractivity contribution >= 4 is 11.9 Å². The summed E-state index contributed by atoms with van der Waals surface area (Å²) in [5, 5.41) is 0. The Balaban J connectivity index is -0.000000372. The smallest absolute Gasteiger partial charge is 0.465 e. The minimum Gasteiger partial charge on any atom is -0.465 e. The fourth-order valence-corrected chi connectivity index (χ4v) is 1.32. The van der Waals surface area contributed by atoms with Crippen molar-refractivity contribution in [3.8, 4) is 0 Å². The van der Waals surface area contributed by atoms with E-state index in [1.165, 1.54) is 0 Å². The van der Waals surface area contributed by atoms with Gasteiger partial charge in [0, 0.05) is 0 Å². The van der Waals surface area contributed by atoms with E-state index in [1.807, 2.05) is 41.5 Å². The maximum absolute atomic E-state index is 11.2. The van der Waals surface area contributed by atoms with Crippen molar-refractivity contribution < 1.29 is 38.5 Å². The fourth-order valence-electron chi connectivity index (χ4n) is 1.32. The molecule has 0 atom stereocenters. The molecule has 0 saturated carbocycles. The Kier molecular flexibility index (Phi) is 18.5. The Bertz CT molecular complexity index is 307. The van der Waals surface area contributed by atoms with Crippen LogP contribution in [0.25, 0.3) is 0 Å². The van der Waals surface area contributed by atoms with E-state index in [4.69, 9.17) is 9.47 Å². The monoisotopic (exact) mass is 406 g/mol. The molecular formula is C20H38O4Zn. The predicted molar refractivity (Wildman–Crippen MR) is 99.2 cm³/mol. The molecule has 0 aromatic heterocycles. The number of ether oxygens (including phenoxy) is 2. The normalized spacial score (nSPS) is 10.9. The molecule has 144 valence electrons. The van der Waals surface area contributed by atoms with Crippen molar-refractivity contribution in [2.45, 2.75) is 80.1 Å². The molecule has 0 unspecified atom stereocenters. The molecule has 0 aliphatic carbocycles. The summed E-state index contributed by atoms with van der Waals surface area (Å²) in [7, 11) is 0. The zero-order valence-corrected chi connectivity index (χ0v) is 20.4. The summed E-state index contributed by atoms with van der Waals surface area (Å²) in [6.45, 7) is 19.6. The summed E-state index contributed by atoms with van der Waals surface area (Å²) in [6, 6.07) is 0. The van der Waals surface area contributed by atoms with Gasteiger partial charge < -0.3 is 23.3 Å². The van der Waals surface area contributed by atoms with Crippen LogP contribution in [0.3, 0.4) is 0 Å². The molecule has 4 nitrogen and oxygen atoms in total. The molecular weight excluding hydrogens is 370 g/mol. The quantitative estimate of drug-likeness (QED) is 0.241. The van der Waals surface area contributed by atoms with E-state index in [2.05, 4.69) is 13.8 Å². The van der Waals surface area contributed by atoms with Crippen molar-refractivity contribution in [2.75, 3.05) is 13.2 Å². The van der Waals surface area contributed by atoms with Crippen LogP contribution in [0.4, 0.5) is 0 Å². The maximum Gasteiger partial charge on any atom is 2.00 e. The van der Waals surface area contributed by atoms with Crippen molar-refractivity contribution in [1.29, 1.82) is 0 Å². The number of rotatable bonds is 8. The van der Waals surface area contributed by atoms with E-state index in [0.717, 1.165) is 38.5 Å². The second-order valence-corrected chi connectivity index (χ2v) is 7.89. The average Bonchev–Trinajstić information content (AvgIpc) is 2.46. The molecule has 0 aliphatic rings. The van der Waals surface area contributed by atoms with Crippen LogP contribution in [0, 0.1) is 24.7 Å². The molecule has 0 spiro atoms. The van der Waals surface area contributed by atoms with Gasteiger partial charge in [-0.25, -0.2) is 0 Å². The van der Waals surface area contributed by atoms with Gasteiger partial charge in [-0.1, -0.05) is 12.8 Å². The molecule has 0 aromatic carbocycles. The summed E-state index contributed by atoms with van der Waals surface area (Å²) >= 11 is 0. The van der Waals surface area contributed by atoms with Gasteiger partial charge in [0.25, 0.3) is 0 Å². The van der Waals surface area contributed by atoms with Crippen LogP contribution in [-0.4, -0.2) is 25.2 Å². The van der Waals surface area contributed by atoms with Gasteiger partial charge in [0.05, 0.1) is 24.0 Å². The first-order valence-electron chi connectivity index (χ1n) is 8.89. The zero-order chi connectivity index (χ0) is 19.2. The fraction of sp³-hybridized carbons (Fsp3) is 0.800. The first-order chi connectivity index (χ1) is 11.0. The van der Waals surface area contributed by atoms with Crippen LogP contribution in [0.2, 0.25) is 0 Å². The Morgan fingerprint density at radius 3 is 1.16 bits per heavy atom. The van der Waals surface area contributed by atoms with E-state index in [1.54, 1.807) is 0 Å². The molecule has 0 N–H and O–H groups in total. The topological polar surface area (TPSA) is 52.6 Å². The summed E-state index contributed by atoms with van der Waals surface area (Å²) < 4.78 is 10.1. The molecule has 0 heterocycles. The third-order valence-corrected chi connectivity index (χ3v) is 2.98. The van der Waals surface area contributed by atoms with Gasteiger partial charge >= 0.3 is 31.4 Å². The minimum atomic E-state index is -0.371. The standard InChI is InChI=1S/2C10H19O2.Zn/c2*1-5-6-7-8-12-9(11)10(2,3)4;/h2*1,5-8H2,2-4H3;/q2*-1;+2. The van der Waals surface area contributed by atoms with Crippen LogP contribution >= 0.6 is 0 Å². The van der Waals surface area contributed by atoms with E-state index in [9.17, 15) is 9.59 Å². The van der Waals surface area contributed by atoms with Crippen molar-refractivity contribution in [3.63, 3.8) is 0 Å². The molecule has 5 heteroatoms. The number of carbonyl (C=O) groups excluding carboxylic acids is 2. The first-order valence-corrected chi connectivity index (χ1v) is 8.89. The summed E-state index contributed by atoms with van der Waals surface area (Å²) in [5.41, 5.74) is -0.741. The molecule has 25 heavy (non-hydrogen) atoms. The Labute approximate surface area is 168 Å². The van der Waals surface area contributed by atoms with Gasteiger partial charge in [0.15, 0.2) is 0 Å². The molecule has 0 radical (unpaired) electrons. The summed E-state index contributed by atoms with van der Waals surface area (Å²) in [5.74, 6) is -0.238. The van der Waals surface area contributed by atoms with Crippen LogP contribution in [0.1, 0.15) is 80.1 Å². The minimum absolute atomic E-state index is 0. The van der Waals surface area contributed by atoms with Gasteiger partial charge in [-0.2, -0.15) is 12.8 Å². The largest absolute Gasteiger partial charge is 2.00 e. The Morgan fingerprint density at radius 2 is 0.960 bits per heavy atom. The van der Waals surface area contributed by atoms with Crippen molar-refractivity contribution in [2.24, 2.45) is 10.8 Å². The second-order valence-electron chi connectivity index (χ2n) is 7.89. The number of hydrogen-bond donors (Lipinski definition) is 0.